The van der Waals surface area contributed by atoms with Gasteiger partial charge in [0, 0.05) is 17.8 Å². The lowest BCUT2D eigenvalue weighted by Crippen LogP contribution is -2.11. The molecule has 0 N–H and O–H groups in total. The predicted molar refractivity (Wildman–Crippen MR) is 84.3 cm³/mol. The first-order valence-corrected chi connectivity index (χ1v) is 7.59. The molecule has 2 aliphatic rings. The Balaban J connectivity index is 1.64. The van der Waals surface area contributed by atoms with Crippen LogP contribution in [0, 0.1) is 23.2 Å². The standard InChI is InChI=1S/C19H21N/c1-19(2,3)18-16-9-14(10-17(16)18)13-5-4-12-6-7-20-11-15(12)8-13/h4-9,11,16-18H,10H2,1-3H3. The molecule has 0 spiro atoms. The van der Waals surface area contributed by atoms with E-state index in [0.29, 0.717) is 5.41 Å². The maximum Gasteiger partial charge on any atom is 0.0346 e. The van der Waals surface area contributed by atoms with E-state index in [-0.39, 0.29) is 0 Å². The van der Waals surface area contributed by atoms with E-state index in [2.05, 4.69) is 56.1 Å². The highest BCUT2D eigenvalue weighted by Gasteiger charge is 2.56. The van der Waals surface area contributed by atoms with Crippen molar-refractivity contribution >= 4 is 16.3 Å². The number of fused-ring (bicyclic) bond motifs is 2. The van der Waals surface area contributed by atoms with Gasteiger partial charge >= 0.3 is 0 Å². The summed E-state index contributed by atoms with van der Waals surface area (Å²) in [6, 6.07) is 8.86. The van der Waals surface area contributed by atoms with Gasteiger partial charge in [-0.3, -0.25) is 4.98 Å². The Labute approximate surface area is 120 Å². The minimum Gasteiger partial charge on any atom is -0.264 e. The zero-order valence-corrected chi connectivity index (χ0v) is 12.4. The van der Waals surface area contributed by atoms with Gasteiger partial charge in [-0.1, -0.05) is 39.0 Å². The van der Waals surface area contributed by atoms with Crippen LogP contribution in [-0.2, 0) is 0 Å². The van der Waals surface area contributed by atoms with Gasteiger partial charge in [-0.25, -0.2) is 0 Å². The van der Waals surface area contributed by atoms with Gasteiger partial charge in [0.05, 0.1) is 0 Å². The van der Waals surface area contributed by atoms with Gasteiger partial charge < -0.3 is 0 Å². The Morgan fingerprint density at radius 3 is 2.65 bits per heavy atom. The molecule has 4 rings (SSSR count). The van der Waals surface area contributed by atoms with Crippen molar-refractivity contribution in [3.05, 3.63) is 48.3 Å². The third-order valence-corrected chi connectivity index (χ3v) is 5.09. The molecular weight excluding hydrogens is 242 g/mol. The van der Waals surface area contributed by atoms with E-state index in [4.69, 9.17) is 0 Å². The summed E-state index contributed by atoms with van der Waals surface area (Å²) in [5, 5.41) is 2.53. The minimum absolute atomic E-state index is 0.463. The third-order valence-electron chi connectivity index (χ3n) is 5.09. The van der Waals surface area contributed by atoms with Crippen LogP contribution in [0.3, 0.4) is 0 Å². The highest BCUT2D eigenvalue weighted by atomic mass is 14.6. The summed E-state index contributed by atoms with van der Waals surface area (Å²) in [6.45, 7) is 7.14. The lowest BCUT2D eigenvalue weighted by molar-refractivity contribution is 0.322. The van der Waals surface area contributed by atoms with Gasteiger partial charge in [0.25, 0.3) is 0 Å². The summed E-state index contributed by atoms with van der Waals surface area (Å²) in [5.74, 6) is 2.62. The first kappa shape index (κ1) is 12.1. The molecule has 1 heteroatoms. The van der Waals surface area contributed by atoms with E-state index in [1.54, 1.807) is 5.57 Å². The molecule has 2 aliphatic carbocycles. The quantitative estimate of drug-likeness (QED) is 0.711. The minimum atomic E-state index is 0.463. The lowest BCUT2D eigenvalue weighted by Gasteiger charge is -2.20. The Morgan fingerprint density at radius 1 is 1.10 bits per heavy atom. The second kappa shape index (κ2) is 3.94. The van der Waals surface area contributed by atoms with Gasteiger partial charge in [0.2, 0.25) is 0 Å². The largest absolute Gasteiger partial charge is 0.264 e. The Hall–Kier alpha value is -1.63. The van der Waals surface area contributed by atoms with Crippen LogP contribution in [0.15, 0.2) is 42.7 Å². The van der Waals surface area contributed by atoms with Gasteiger partial charge in [-0.2, -0.15) is 0 Å². The monoisotopic (exact) mass is 263 g/mol. The fourth-order valence-corrected chi connectivity index (χ4v) is 4.16. The number of allylic oxidation sites excluding steroid dienone is 2. The van der Waals surface area contributed by atoms with Crippen LogP contribution in [0.4, 0.5) is 0 Å². The number of aromatic nitrogens is 1. The molecule has 0 aliphatic heterocycles. The highest BCUT2D eigenvalue weighted by molar-refractivity contribution is 5.86. The summed E-state index contributed by atoms with van der Waals surface area (Å²) in [4.78, 5) is 4.23. The molecule has 3 unspecified atom stereocenters. The summed E-state index contributed by atoms with van der Waals surface area (Å²) in [7, 11) is 0. The molecular formula is C19H21N. The predicted octanol–water partition coefficient (Wildman–Crippen LogP) is 4.93. The average molecular weight is 263 g/mol. The Kier molecular flexibility index (Phi) is 2.39. The van der Waals surface area contributed by atoms with Crippen LogP contribution in [0.2, 0.25) is 0 Å². The number of rotatable bonds is 1. The molecule has 1 heterocycles. The van der Waals surface area contributed by atoms with Crippen LogP contribution >= 0.6 is 0 Å². The van der Waals surface area contributed by atoms with E-state index in [1.807, 2.05) is 12.4 Å². The number of hydrogen-bond acceptors (Lipinski definition) is 1. The number of pyridine rings is 1. The Morgan fingerprint density at radius 2 is 1.95 bits per heavy atom. The molecule has 3 atom stereocenters. The highest BCUT2D eigenvalue weighted by Crippen LogP contribution is 2.64. The average Bonchev–Trinajstić information content (AvgIpc) is 2.96. The molecule has 1 fully saturated rings. The van der Waals surface area contributed by atoms with Crippen LogP contribution in [0.25, 0.3) is 16.3 Å². The van der Waals surface area contributed by atoms with Crippen molar-refractivity contribution in [3.63, 3.8) is 0 Å². The van der Waals surface area contributed by atoms with Crippen molar-refractivity contribution in [3.8, 4) is 0 Å². The number of hydrogen-bond donors (Lipinski definition) is 0. The van der Waals surface area contributed by atoms with Crippen molar-refractivity contribution < 1.29 is 0 Å². The van der Waals surface area contributed by atoms with Gasteiger partial charge in [-0.05, 0) is 58.2 Å². The summed E-state index contributed by atoms with van der Waals surface area (Å²) < 4.78 is 0. The maximum atomic E-state index is 4.23. The molecule has 2 aromatic rings. The summed E-state index contributed by atoms with van der Waals surface area (Å²) in [6.07, 6.45) is 7.63. The van der Waals surface area contributed by atoms with E-state index in [0.717, 1.165) is 17.8 Å². The lowest BCUT2D eigenvalue weighted by atomic mass is 9.85. The number of benzene rings is 1. The molecule has 1 aromatic carbocycles. The first-order valence-electron chi connectivity index (χ1n) is 7.59. The molecule has 1 aromatic heterocycles. The second-order valence-electron chi connectivity index (χ2n) is 7.47. The Bertz CT molecular complexity index is 705. The van der Waals surface area contributed by atoms with E-state index < -0.39 is 0 Å². The first-order chi connectivity index (χ1) is 9.54. The zero-order valence-electron chi connectivity index (χ0n) is 12.4. The van der Waals surface area contributed by atoms with Crippen molar-refractivity contribution in [2.75, 3.05) is 0 Å². The third kappa shape index (κ3) is 1.80. The van der Waals surface area contributed by atoms with Gasteiger partial charge in [-0.15, -0.1) is 0 Å². The molecule has 102 valence electrons. The molecule has 1 nitrogen and oxygen atoms in total. The topological polar surface area (TPSA) is 12.9 Å². The molecule has 1 saturated carbocycles. The van der Waals surface area contributed by atoms with Crippen molar-refractivity contribution in [1.29, 1.82) is 0 Å². The van der Waals surface area contributed by atoms with E-state index in [1.165, 1.54) is 22.8 Å². The van der Waals surface area contributed by atoms with Crippen LogP contribution in [-0.4, -0.2) is 4.98 Å². The summed E-state index contributed by atoms with van der Waals surface area (Å²) >= 11 is 0. The van der Waals surface area contributed by atoms with Gasteiger partial charge in [0.15, 0.2) is 0 Å². The van der Waals surface area contributed by atoms with Crippen LogP contribution in [0.5, 0.6) is 0 Å². The summed E-state index contributed by atoms with van der Waals surface area (Å²) in [5.41, 5.74) is 3.40. The van der Waals surface area contributed by atoms with E-state index in [9.17, 15) is 0 Å². The van der Waals surface area contributed by atoms with Crippen molar-refractivity contribution in [1.82, 2.24) is 4.98 Å². The molecule has 20 heavy (non-hydrogen) atoms. The molecule has 0 radical (unpaired) electrons. The fourth-order valence-electron chi connectivity index (χ4n) is 4.16. The zero-order chi connectivity index (χ0) is 13.9. The van der Waals surface area contributed by atoms with E-state index >= 15 is 0 Å². The molecule has 0 amide bonds. The van der Waals surface area contributed by atoms with Crippen LogP contribution in [0.1, 0.15) is 32.8 Å². The number of nitrogens with zero attached hydrogens (tertiary/aromatic N) is 1. The SMILES string of the molecule is CC(C)(C)C1C2C=C(c3ccc4ccncc4c3)CC21. The van der Waals surface area contributed by atoms with Gasteiger partial charge in [0.1, 0.15) is 0 Å². The molecule has 0 bridgehead atoms. The maximum absolute atomic E-state index is 4.23. The normalized spacial score (nSPS) is 28.4. The van der Waals surface area contributed by atoms with Crippen molar-refractivity contribution in [2.24, 2.45) is 23.2 Å². The van der Waals surface area contributed by atoms with Crippen LogP contribution < -0.4 is 0 Å². The smallest absolute Gasteiger partial charge is 0.0346 e. The van der Waals surface area contributed by atoms with Crippen molar-refractivity contribution in [2.45, 2.75) is 27.2 Å². The second-order valence-corrected chi connectivity index (χ2v) is 7.47. The fraction of sp³-hybridized carbons (Fsp3) is 0.421. The molecule has 0 saturated heterocycles.